The van der Waals surface area contributed by atoms with Crippen molar-refractivity contribution in [2.45, 2.75) is 32.4 Å². The van der Waals surface area contributed by atoms with Gasteiger partial charge in [-0.1, -0.05) is 60.7 Å². The van der Waals surface area contributed by atoms with E-state index in [0.717, 1.165) is 19.0 Å². The Morgan fingerprint density at radius 2 is 1.38 bits per heavy atom. The molecule has 1 N–H and O–H groups in total. The summed E-state index contributed by atoms with van der Waals surface area (Å²) in [5.41, 5.74) is 3.51. The molecular formula is C22H28N2. The molecule has 0 bridgehead atoms. The molecule has 2 heteroatoms. The molecule has 2 fully saturated rings. The Bertz CT molecular complexity index is 590. The molecule has 1 saturated carbocycles. The molecule has 24 heavy (non-hydrogen) atoms. The van der Waals surface area contributed by atoms with Gasteiger partial charge in [-0.15, -0.1) is 0 Å². The third kappa shape index (κ3) is 3.71. The summed E-state index contributed by atoms with van der Waals surface area (Å²) in [7, 11) is 0. The number of piperidine rings is 1. The lowest BCUT2D eigenvalue weighted by atomic mass is 9.92. The van der Waals surface area contributed by atoms with Gasteiger partial charge in [-0.3, -0.25) is 4.90 Å². The summed E-state index contributed by atoms with van der Waals surface area (Å²) in [5.74, 6) is 0.895. The van der Waals surface area contributed by atoms with E-state index in [0.29, 0.717) is 5.41 Å². The highest BCUT2D eigenvalue weighted by molar-refractivity contribution is 5.17. The Balaban J connectivity index is 1.44. The largest absolute Gasteiger partial charge is 0.317 e. The van der Waals surface area contributed by atoms with Gasteiger partial charge in [0.2, 0.25) is 0 Å². The monoisotopic (exact) mass is 320 g/mol. The standard InChI is InChI=1S/C22H28N2/c1-3-7-19(8-4-1)16-24(17-20-9-5-2-6-10-20)18-21-15-22(21)11-13-23-14-12-22/h1-10,21,23H,11-18H2. The van der Waals surface area contributed by atoms with Crippen LogP contribution in [0.15, 0.2) is 60.7 Å². The molecule has 0 aromatic heterocycles. The van der Waals surface area contributed by atoms with Crippen LogP contribution in [0.1, 0.15) is 30.4 Å². The van der Waals surface area contributed by atoms with Gasteiger partial charge in [0.15, 0.2) is 0 Å². The van der Waals surface area contributed by atoms with E-state index in [-0.39, 0.29) is 0 Å². The summed E-state index contributed by atoms with van der Waals surface area (Å²) >= 11 is 0. The molecule has 2 aliphatic rings. The van der Waals surface area contributed by atoms with Crippen molar-refractivity contribution in [2.75, 3.05) is 19.6 Å². The predicted octanol–water partition coefficient (Wildman–Crippen LogP) is 4.08. The molecule has 0 radical (unpaired) electrons. The Morgan fingerprint density at radius 1 is 0.833 bits per heavy atom. The molecule has 2 aromatic carbocycles. The summed E-state index contributed by atoms with van der Waals surface area (Å²) in [6.45, 7) is 5.78. The van der Waals surface area contributed by atoms with Crippen LogP contribution in [-0.2, 0) is 13.1 Å². The first-order valence-corrected chi connectivity index (χ1v) is 9.35. The summed E-state index contributed by atoms with van der Waals surface area (Å²) in [6, 6.07) is 21.9. The number of benzene rings is 2. The van der Waals surface area contributed by atoms with E-state index in [1.165, 1.54) is 50.0 Å². The highest BCUT2D eigenvalue weighted by Crippen LogP contribution is 2.58. The summed E-state index contributed by atoms with van der Waals surface area (Å²) in [5, 5.41) is 3.52. The first-order valence-electron chi connectivity index (χ1n) is 9.35. The maximum Gasteiger partial charge on any atom is 0.0237 e. The topological polar surface area (TPSA) is 15.3 Å². The van der Waals surface area contributed by atoms with Gasteiger partial charge in [-0.25, -0.2) is 0 Å². The number of nitrogens with zero attached hydrogens (tertiary/aromatic N) is 1. The second-order valence-electron chi connectivity index (χ2n) is 7.65. The fourth-order valence-electron chi connectivity index (χ4n) is 4.41. The van der Waals surface area contributed by atoms with Gasteiger partial charge in [0, 0.05) is 19.6 Å². The Morgan fingerprint density at radius 3 is 1.92 bits per heavy atom. The molecule has 4 rings (SSSR count). The smallest absolute Gasteiger partial charge is 0.0237 e. The van der Waals surface area contributed by atoms with Crippen molar-refractivity contribution in [3.8, 4) is 0 Å². The van der Waals surface area contributed by atoms with Gasteiger partial charge in [0.25, 0.3) is 0 Å². The first-order chi connectivity index (χ1) is 11.8. The van der Waals surface area contributed by atoms with E-state index in [1.54, 1.807) is 0 Å². The van der Waals surface area contributed by atoms with Crippen LogP contribution >= 0.6 is 0 Å². The van der Waals surface area contributed by atoms with Crippen LogP contribution in [0.2, 0.25) is 0 Å². The van der Waals surface area contributed by atoms with Crippen molar-refractivity contribution >= 4 is 0 Å². The Labute approximate surface area is 145 Å². The van der Waals surface area contributed by atoms with E-state index in [2.05, 4.69) is 70.9 Å². The molecule has 1 saturated heterocycles. The molecule has 1 unspecified atom stereocenters. The highest BCUT2D eigenvalue weighted by Gasteiger charge is 2.53. The normalized spacial score (nSPS) is 22.0. The van der Waals surface area contributed by atoms with Gasteiger partial charge in [-0.2, -0.15) is 0 Å². The minimum Gasteiger partial charge on any atom is -0.317 e. The third-order valence-electron chi connectivity index (χ3n) is 5.93. The van der Waals surface area contributed by atoms with Crippen LogP contribution in [0.3, 0.4) is 0 Å². The zero-order valence-electron chi connectivity index (χ0n) is 14.5. The van der Waals surface area contributed by atoms with Crippen molar-refractivity contribution in [2.24, 2.45) is 11.3 Å². The van der Waals surface area contributed by atoms with Crippen molar-refractivity contribution in [3.63, 3.8) is 0 Å². The SMILES string of the molecule is c1ccc(CN(Cc2ccccc2)CC2CC23CCNCC3)cc1. The minimum absolute atomic E-state index is 0.664. The van der Waals surface area contributed by atoms with Gasteiger partial charge >= 0.3 is 0 Å². The molecule has 1 heterocycles. The van der Waals surface area contributed by atoms with Crippen molar-refractivity contribution in [1.82, 2.24) is 10.2 Å². The Hall–Kier alpha value is -1.64. The number of hydrogen-bond acceptors (Lipinski definition) is 2. The number of rotatable bonds is 6. The molecule has 2 nitrogen and oxygen atoms in total. The van der Waals surface area contributed by atoms with Crippen molar-refractivity contribution in [1.29, 1.82) is 0 Å². The van der Waals surface area contributed by atoms with Gasteiger partial charge in [0.1, 0.15) is 0 Å². The van der Waals surface area contributed by atoms with Crippen molar-refractivity contribution < 1.29 is 0 Å². The summed E-state index contributed by atoms with van der Waals surface area (Å²) in [4.78, 5) is 2.66. The number of nitrogens with one attached hydrogen (secondary N) is 1. The molecular weight excluding hydrogens is 292 g/mol. The molecule has 126 valence electrons. The third-order valence-corrected chi connectivity index (χ3v) is 5.93. The molecule has 1 spiro atoms. The maximum atomic E-state index is 3.52. The van der Waals surface area contributed by atoms with Crippen LogP contribution in [0.5, 0.6) is 0 Å². The van der Waals surface area contributed by atoms with Gasteiger partial charge in [-0.05, 0) is 54.8 Å². The maximum absolute atomic E-state index is 3.52. The van der Waals surface area contributed by atoms with Crippen LogP contribution in [-0.4, -0.2) is 24.5 Å². The lowest BCUT2D eigenvalue weighted by molar-refractivity contribution is 0.215. The average Bonchev–Trinajstić information content (AvgIpc) is 3.28. The number of hydrogen-bond donors (Lipinski definition) is 1. The Kier molecular flexibility index (Phi) is 4.68. The minimum atomic E-state index is 0.664. The van der Waals surface area contributed by atoms with E-state index in [1.807, 2.05) is 0 Å². The molecule has 1 atom stereocenters. The average molecular weight is 320 g/mol. The molecule has 0 amide bonds. The van der Waals surface area contributed by atoms with Crippen LogP contribution in [0.25, 0.3) is 0 Å². The van der Waals surface area contributed by atoms with Crippen LogP contribution in [0, 0.1) is 11.3 Å². The lowest BCUT2D eigenvalue weighted by Crippen LogP contribution is -2.32. The fourth-order valence-corrected chi connectivity index (χ4v) is 4.41. The van der Waals surface area contributed by atoms with E-state index >= 15 is 0 Å². The molecule has 1 aliphatic carbocycles. The first kappa shape index (κ1) is 15.9. The zero-order chi connectivity index (χ0) is 16.2. The fraction of sp³-hybridized carbons (Fsp3) is 0.455. The van der Waals surface area contributed by atoms with Gasteiger partial charge < -0.3 is 5.32 Å². The van der Waals surface area contributed by atoms with Crippen LogP contribution in [0.4, 0.5) is 0 Å². The predicted molar refractivity (Wildman–Crippen MR) is 99.6 cm³/mol. The lowest BCUT2D eigenvalue weighted by Gasteiger charge is -2.27. The zero-order valence-corrected chi connectivity index (χ0v) is 14.5. The quantitative estimate of drug-likeness (QED) is 0.863. The van der Waals surface area contributed by atoms with E-state index in [4.69, 9.17) is 0 Å². The van der Waals surface area contributed by atoms with E-state index in [9.17, 15) is 0 Å². The second kappa shape index (κ2) is 7.08. The van der Waals surface area contributed by atoms with E-state index < -0.39 is 0 Å². The highest BCUT2D eigenvalue weighted by atomic mass is 15.1. The van der Waals surface area contributed by atoms with Crippen LogP contribution < -0.4 is 5.32 Å². The van der Waals surface area contributed by atoms with Crippen molar-refractivity contribution in [3.05, 3.63) is 71.8 Å². The molecule has 1 aliphatic heterocycles. The van der Waals surface area contributed by atoms with Gasteiger partial charge in [0.05, 0.1) is 0 Å². The summed E-state index contributed by atoms with van der Waals surface area (Å²) < 4.78 is 0. The molecule has 2 aromatic rings. The summed E-state index contributed by atoms with van der Waals surface area (Å²) in [6.07, 6.45) is 4.19. The second-order valence-corrected chi connectivity index (χ2v) is 7.65.